The van der Waals surface area contributed by atoms with Crippen molar-refractivity contribution in [2.24, 2.45) is 16.8 Å². The summed E-state index contributed by atoms with van der Waals surface area (Å²) in [5.41, 5.74) is 6.28. The van der Waals surface area contributed by atoms with E-state index in [-0.39, 0.29) is 11.8 Å². The molecule has 2 N–H and O–H groups in total. The summed E-state index contributed by atoms with van der Waals surface area (Å²) in [6.07, 6.45) is 4.56. The fraction of sp³-hybridized carbons (Fsp3) is 0.455. The van der Waals surface area contributed by atoms with E-state index in [9.17, 15) is 4.79 Å². The van der Waals surface area contributed by atoms with Crippen LogP contribution >= 0.6 is 0 Å². The van der Waals surface area contributed by atoms with Crippen molar-refractivity contribution in [2.45, 2.75) is 19.8 Å². The van der Waals surface area contributed by atoms with Gasteiger partial charge in [-0.2, -0.15) is 10.1 Å². The predicted molar refractivity (Wildman–Crippen MR) is 64.4 cm³/mol. The molecule has 0 saturated heterocycles. The Bertz CT molecular complexity index is 431. The molecule has 0 bridgehead atoms. The maximum atomic E-state index is 12.1. The second-order valence-electron chi connectivity index (χ2n) is 3.94. The Kier molecular flexibility index (Phi) is 3.43. The quantitative estimate of drug-likeness (QED) is 0.823. The summed E-state index contributed by atoms with van der Waals surface area (Å²) in [5.74, 6) is 0.322. The summed E-state index contributed by atoms with van der Waals surface area (Å²) in [4.78, 5) is 20.0. The highest BCUT2D eigenvalue weighted by Crippen LogP contribution is 2.24. The minimum Gasteiger partial charge on any atom is -0.330 e. The third-order valence-electron chi connectivity index (χ3n) is 2.75. The number of amides is 1. The molecule has 6 nitrogen and oxygen atoms in total. The van der Waals surface area contributed by atoms with Crippen LogP contribution in [0.2, 0.25) is 0 Å². The molecule has 0 aromatic carbocycles. The average molecular weight is 233 g/mol. The highest BCUT2D eigenvalue weighted by Gasteiger charge is 2.34. The zero-order valence-corrected chi connectivity index (χ0v) is 9.71. The summed E-state index contributed by atoms with van der Waals surface area (Å²) < 4.78 is 0. The normalized spacial score (nSPS) is 19.6. The molecule has 1 aliphatic heterocycles. The second-order valence-corrected chi connectivity index (χ2v) is 3.94. The van der Waals surface area contributed by atoms with Gasteiger partial charge in [-0.05, 0) is 26.3 Å². The Morgan fingerprint density at radius 3 is 3.00 bits per heavy atom. The van der Waals surface area contributed by atoms with E-state index in [2.05, 4.69) is 15.1 Å². The van der Waals surface area contributed by atoms with E-state index in [0.29, 0.717) is 12.4 Å². The van der Waals surface area contributed by atoms with E-state index in [1.807, 2.05) is 6.92 Å². The van der Waals surface area contributed by atoms with Gasteiger partial charge >= 0.3 is 0 Å². The highest BCUT2D eigenvalue weighted by atomic mass is 16.2. The van der Waals surface area contributed by atoms with Crippen LogP contribution in [0.5, 0.6) is 0 Å². The molecule has 0 aliphatic carbocycles. The van der Waals surface area contributed by atoms with Crippen LogP contribution in [0.1, 0.15) is 19.8 Å². The number of rotatable bonds is 4. The van der Waals surface area contributed by atoms with Crippen LogP contribution in [0.25, 0.3) is 0 Å². The lowest BCUT2D eigenvalue weighted by molar-refractivity contribution is -0.119. The number of carbonyl (C=O) groups excluding carboxylic acids is 1. The molecule has 17 heavy (non-hydrogen) atoms. The van der Waals surface area contributed by atoms with Gasteiger partial charge in [-0.15, -0.1) is 0 Å². The molecule has 1 aromatic rings. The maximum absolute atomic E-state index is 12.1. The van der Waals surface area contributed by atoms with Gasteiger partial charge in [-0.3, -0.25) is 4.79 Å². The monoisotopic (exact) mass is 233 g/mol. The first kappa shape index (κ1) is 11.7. The van der Waals surface area contributed by atoms with Gasteiger partial charge in [0.25, 0.3) is 5.91 Å². The van der Waals surface area contributed by atoms with Crippen molar-refractivity contribution in [3.63, 3.8) is 0 Å². The summed E-state index contributed by atoms with van der Waals surface area (Å²) in [6.45, 7) is 2.45. The Balaban J connectivity index is 2.16. The van der Waals surface area contributed by atoms with Gasteiger partial charge in [0, 0.05) is 18.0 Å². The van der Waals surface area contributed by atoms with Crippen molar-refractivity contribution < 1.29 is 4.79 Å². The zero-order chi connectivity index (χ0) is 12.3. The standard InChI is InChI=1S/C11H15N5O/c1-8-9(3-2-5-12)11(17)16(15-8)10-4-6-13-7-14-10/h4,6-7,9H,2-3,5,12H2,1H3. The largest absolute Gasteiger partial charge is 0.330 e. The van der Waals surface area contributed by atoms with Crippen molar-refractivity contribution in [1.82, 2.24) is 9.97 Å². The molecule has 0 radical (unpaired) electrons. The highest BCUT2D eigenvalue weighted by molar-refractivity contribution is 6.14. The molecule has 0 fully saturated rings. The summed E-state index contributed by atoms with van der Waals surface area (Å²) >= 11 is 0. The lowest BCUT2D eigenvalue weighted by Crippen LogP contribution is -2.28. The average Bonchev–Trinajstić information content (AvgIpc) is 2.64. The van der Waals surface area contributed by atoms with E-state index in [0.717, 1.165) is 18.6 Å². The van der Waals surface area contributed by atoms with Crippen LogP contribution in [0.4, 0.5) is 5.82 Å². The van der Waals surface area contributed by atoms with Gasteiger partial charge < -0.3 is 5.73 Å². The minimum atomic E-state index is -0.159. The molecule has 6 heteroatoms. The first-order chi connectivity index (χ1) is 8.24. The molecular weight excluding hydrogens is 218 g/mol. The van der Waals surface area contributed by atoms with Crippen LogP contribution in [-0.2, 0) is 4.79 Å². The van der Waals surface area contributed by atoms with Gasteiger partial charge in [0.1, 0.15) is 6.33 Å². The molecule has 1 aromatic heterocycles. The first-order valence-corrected chi connectivity index (χ1v) is 5.59. The first-order valence-electron chi connectivity index (χ1n) is 5.59. The molecule has 1 unspecified atom stereocenters. The number of nitrogens with zero attached hydrogens (tertiary/aromatic N) is 4. The van der Waals surface area contributed by atoms with Crippen LogP contribution in [0, 0.1) is 5.92 Å². The lowest BCUT2D eigenvalue weighted by Gasteiger charge is -2.12. The number of hydrogen-bond acceptors (Lipinski definition) is 5. The van der Waals surface area contributed by atoms with Crippen molar-refractivity contribution in [3.05, 3.63) is 18.6 Å². The third-order valence-corrected chi connectivity index (χ3v) is 2.75. The number of nitrogens with two attached hydrogens (primary N) is 1. The Labute approximate surface area is 99.5 Å². The lowest BCUT2D eigenvalue weighted by atomic mass is 9.98. The number of hydrogen-bond donors (Lipinski definition) is 1. The second kappa shape index (κ2) is 5.01. The van der Waals surface area contributed by atoms with Crippen LogP contribution in [-0.4, -0.2) is 28.1 Å². The Morgan fingerprint density at radius 2 is 2.35 bits per heavy atom. The Hall–Kier alpha value is -1.82. The molecule has 0 saturated carbocycles. The van der Waals surface area contributed by atoms with E-state index >= 15 is 0 Å². The van der Waals surface area contributed by atoms with E-state index < -0.39 is 0 Å². The fourth-order valence-corrected chi connectivity index (χ4v) is 1.83. The minimum absolute atomic E-state index is 0.0327. The predicted octanol–water partition coefficient (Wildman–Crippen LogP) is 0.554. The van der Waals surface area contributed by atoms with Gasteiger partial charge in [0.2, 0.25) is 0 Å². The van der Waals surface area contributed by atoms with Crippen molar-refractivity contribution in [1.29, 1.82) is 0 Å². The van der Waals surface area contributed by atoms with E-state index in [4.69, 9.17) is 5.73 Å². The topological polar surface area (TPSA) is 84.5 Å². The molecule has 1 aliphatic rings. The van der Waals surface area contributed by atoms with Gasteiger partial charge in [-0.25, -0.2) is 9.97 Å². The van der Waals surface area contributed by atoms with Crippen LogP contribution in [0.15, 0.2) is 23.7 Å². The SMILES string of the molecule is CC1=NN(c2ccncn2)C(=O)C1CCCN. The molecule has 90 valence electrons. The van der Waals surface area contributed by atoms with Crippen LogP contribution in [0.3, 0.4) is 0 Å². The van der Waals surface area contributed by atoms with Gasteiger partial charge in [0.05, 0.1) is 5.92 Å². The van der Waals surface area contributed by atoms with Crippen LogP contribution < -0.4 is 10.7 Å². The Morgan fingerprint density at radius 1 is 1.53 bits per heavy atom. The summed E-state index contributed by atoms with van der Waals surface area (Å²) in [7, 11) is 0. The summed E-state index contributed by atoms with van der Waals surface area (Å²) in [6, 6.07) is 1.67. The molecular formula is C11H15N5O. The number of anilines is 1. The third kappa shape index (κ3) is 2.31. The maximum Gasteiger partial charge on any atom is 0.257 e. The van der Waals surface area contributed by atoms with Crippen molar-refractivity contribution in [3.8, 4) is 0 Å². The number of aromatic nitrogens is 2. The smallest absolute Gasteiger partial charge is 0.257 e. The zero-order valence-electron chi connectivity index (χ0n) is 9.71. The van der Waals surface area contributed by atoms with Crippen molar-refractivity contribution in [2.75, 3.05) is 11.6 Å². The molecule has 1 amide bonds. The van der Waals surface area contributed by atoms with E-state index in [1.165, 1.54) is 11.3 Å². The van der Waals surface area contributed by atoms with Gasteiger partial charge in [0.15, 0.2) is 5.82 Å². The molecule has 2 rings (SSSR count). The molecule has 0 spiro atoms. The number of carbonyl (C=O) groups is 1. The van der Waals surface area contributed by atoms with Gasteiger partial charge in [-0.1, -0.05) is 0 Å². The molecule has 2 heterocycles. The van der Waals surface area contributed by atoms with E-state index in [1.54, 1.807) is 12.3 Å². The molecule has 1 atom stereocenters. The summed E-state index contributed by atoms with van der Waals surface area (Å²) in [5, 5.41) is 5.59. The number of hydrazone groups is 1. The van der Waals surface area contributed by atoms with Crippen molar-refractivity contribution >= 4 is 17.4 Å². The fourth-order valence-electron chi connectivity index (χ4n) is 1.83.